The van der Waals surface area contributed by atoms with Crippen LogP contribution in [-0.4, -0.2) is 16.7 Å². The van der Waals surface area contributed by atoms with E-state index in [1.54, 1.807) is 0 Å². The molecule has 2 fully saturated rings. The average molecular weight is 155 g/mol. The topological polar surface area (TPSA) is 60.2 Å². The van der Waals surface area contributed by atoms with Gasteiger partial charge in [0.05, 0.1) is 11.3 Å². The zero-order chi connectivity index (χ0) is 8.22. The maximum absolute atomic E-state index is 11.0. The normalized spacial score (nSPS) is 47.2. The lowest BCUT2D eigenvalue weighted by atomic mass is 10.1. The molecule has 0 heterocycles. The molecule has 0 N–H and O–H groups in total. The highest BCUT2D eigenvalue weighted by Crippen LogP contribution is 2.62. The Bertz CT molecular complexity index is 244. The summed E-state index contributed by atoms with van der Waals surface area (Å²) in [6.07, 6.45) is 1.26. The number of nitro groups is 1. The lowest BCUT2D eigenvalue weighted by Crippen LogP contribution is -2.14. The van der Waals surface area contributed by atoms with Crippen molar-refractivity contribution in [3.05, 3.63) is 10.1 Å². The van der Waals surface area contributed by atoms with E-state index in [4.69, 9.17) is 0 Å². The van der Waals surface area contributed by atoms with E-state index in [0.717, 1.165) is 0 Å². The summed E-state index contributed by atoms with van der Waals surface area (Å²) in [5.41, 5.74) is -0.277. The number of fused-ring (bicyclic) bond motifs is 1. The molecule has 0 radical (unpaired) electrons. The van der Waals surface area contributed by atoms with Crippen LogP contribution in [0.1, 0.15) is 19.8 Å². The molecule has 0 aliphatic heterocycles. The molecule has 0 unspecified atom stereocenters. The van der Waals surface area contributed by atoms with Gasteiger partial charge in [0.15, 0.2) is 0 Å². The largest absolute Gasteiger partial charge is 0.299 e. The van der Waals surface area contributed by atoms with Crippen molar-refractivity contribution < 1.29 is 9.72 Å². The number of carbonyl (C=O) groups excluding carboxylic acids is 1. The third-order valence-electron chi connectivity index (χ3n) is 3.08. The molecule has 0 aromatic heterocycles. The van der Waals surface area contributed by atoms with Gasteiger partial charge in [-0.25, -0.2) is 0 Å². The highest BCUT2D eigenvalue weighted by Gasteiger charge is 2.76. The Kier molecular flexibility index (Phi) is 0.998. The van der Waals surface area contributed by atoms with Crippen LogP contribution in [0.2, 0.25) is 0 Å². The Morgan fingerprint density at radius 1 is 1.73 bits per heavy atom. The molecule has 2 saturated carbocycles. The fraction of sp³-hybridized carbons (Fsp3) is 0.857. The fourth-order valence-corrected chi connectivity index (χ4v) is 2.30. The Hall–Kier alpha value is -0.930. The van der Waals surface area contributed by atoms with Gasteiger partial charge < -0.3 is 0 Å². The minimum Gasteiger partial charge on any atom is -0.299 e. The molecule has 0 spiro atoms. The number of hydrogen-bond acceptors (Lipinski definition) is 3. The second-order valence-corrected chi connectivity index (χ2v) is 3.68. The minimum atomic E-state index is -0.566. The molecule has 0 saturated heterocycles. The van der Waals surface area contributed by atoms with Crippen molar-refractivity contribution in [1.82, 2.24) is 0 Å². The van der Waals surface area contributed by atoms with Crippen molar-refractivity contribution in [3.8, 4) is 0 Å². The first-order valence-electron chi connectivity index (χ1n) is 3.73. The van der Waals surface area contributed by atoms with Gasteiger partial charge >= 0.3 is 0 Å². The lowest BCUT2D eigenvalue weighted by Gasteiger charge is -1.99. The molecule has 2 aliphatic rings. The summed E-state index contributed by atoms with van der Waals surface area (Å²) in [4.78, 5) is 21.1. The summed E-state index contributed by atoms with van der Waals surface area (Å²) >= 11 is 0. The summed E-state index contributed by atoms with van der Waals surface area (Å²) in [6.45, 7) is 1.84. The predicted molar refractivity (Wildman–Crippen MR) is 36.6 cm³/mol. The maximum atomic E-state index is 11.0. The number of carbonyl (C=O) groups is 1. The number of hydrogen-bond donors (Lipinski definition) is 0. The zero-order valence-corrected chi connectivity index (χ0v) is 6.24. The number of Topliss-reactive ketones (excluding diaryl/α,β-unsaturated/α-hetero) is 1. The van der Waals surface area contributed by atoms with Gasteiger partial charge in [-0.15, -0.1) is 0 Å². The van der Waals surface area contributed by atoms with Gasteiger partial charge in [-0.3, -0.25) is 14.9 Å². The zero-order valence-electron chi connectivity index (χ0n) is 6.24. The molecule has 2 aliphatic carbocycles. The first kappa shape index (κ1) is 6.76. The molecule has 0 bridgehead atoms. The number of nitrogens with zero attached hydrogens (tertiary/aromatic N) is 1. The van der Waals surface area contributed by atoms with E-state index in [0.29, 0.717) is 12.8 Å². The Morgan fingerprint density at radius 3 is 2.64 bits per heavy atom. The Labute approximate surface area is 63.7 Å². The van der Waals surface area contributed by atoms with Crippen molar-refractivity contribution in [1.29, 1.82) is 0 Å². The standard InChI is InChI=1S/C7H9NO3/c1-7-3-2-4(9)5(7)6(7)8(10)11/h5-6H,2-3H2,1H3/t5-,6-,7-/m0/s1. The first-order chi connectivity index (χ1) is 5.07. The van der Waals surface area contributed by atoms with Crippen LogP contribution in [0.3, 0.4) is 0 Å². The smallest absolute Gasteiger partial charge is 0.229 e. The Balaban J connectivity index is 2.24. The molecular formula is C7H9NO3. The van der Waals surface area contributed by atoms with Crippen LogP contribution in [0, 0.1) is 21.4 Å². The number of ketones is 1. The van der Waals surface area contributed by atoms with Crippen LogP contribution in [0.4, 0.5) is 0 Å². The molecule has 4 heteroatoms. The van der Waals surface area contributed by atoms with Crippen molar-refractivity contribution in [2.75, 3.05) is 0 Å². The molecule has 60 valence electrons. The summed E-state index contributed by atoms with van der Waals surface area (Å²) in [5, 5.41) is 10.4. The third kappa shape index (κ3) is 0.619. The second kappa shape index (κ2) is 1.62. The van der Waals surface area contributed by atoms with Crippen molar-refractivity contribution in [2.45, 2.75) is 25.8 Å². The van der Waals surface area contributed by atoms with Crippen LogP contribution in [-0.2, 0) is 4.79 Å². The highest BCUT2D eigenvalue weighted by atomic mass is 16.6. The summed E-state index contributed by atoms with van der Waals surface area (Å²) in [6, 6.07) is -0.566. The molecule has 2 rings (SSSR count). The molecule has 11 heavy (non-hydrogen) atoms. The summed E-state index contributed by atoms with van der Waals surface area (Å²) < 4.78 is 0. The van der Waals surface area contributed by atoms with Gasteiger partial charge in [0, 0.05) is 11.3 Å². The van der Waals surface area contributed by atoms with Gasteiger partial charge in [-0.05, 0) is 6.42 Å². The minimum absolute atomic E-state index is 0.0919. The average Bonchev–Trinajstić information content (AvgIpc) is 2.43. The van der Waals surface area contributed by atoms with E-state index < -0.39 is 6.04 Å². The second-order valence-electron chi connectivity index (χ2n) is 3.68. The van der Waals surface area contributed by atoms with E-state index in [1.165, 1.54) is 0 Å². The first-order valence-corrected chi connectivity index (χ1v) is 3.73. The van der Waals surface area contributed by atoms with Crippen LogP contribution < -0.4 is 0 Å². The summed E-state index contributed by atoms with van der Waals surface area (Å²) in [7, 11) is 0. The van der Waals surface area contributed by atoms with Crippen LogP contribution in [0.15, 0.2) is 0 Å². The van der Waals surface area contributed by atoms with Crippen molar-refractivity contribution in [3.63, 3.8) is 0 Å². The van der Waals surface area contributed by atoms with E-state index in [1.807, 2.05) is 6.92 Å². The van der Waals surface area contributed by atoms with Gasteiger partial charge in [-0.1, -0.05) is 6.92 Å². The third-order valence-corrected chi connectivity index (χ3v) is 3.08. The van der Waals surface area contributed by atoms with E-state index in [-0.39, 0.29) is 22.0 Å². The monoisotopic (exact) mass is 155 g/mol. The maximum Gasteiger partial charge on any atom is 0.229 e. The van der Waals surface area contributed by atoms with Crippen LogP contribution in [0.25, 0.3) is 0 Å². The van der Waals surface area contributed by atoms with E-state index in [2.05, 4.69) is 0 Å². The molecule has 3 atom stereocenters. The van der Waals surface area contributed by atoms with Crippen LogP contribution >= 0.6 is 0 Å². The quantitative estimate of drug-likeness (QED) is 0.412. The molecule has 0 aromatic rings. The number of rotatable bonds is 1. The molecular weight excluding hydrogens is 146 g/mol. The van der Waals surface area contributed by atoms with Gasteiger partial charge in [0.25, 0.3) is 0 Å². The SMILES string of the molecule is C[C@]12CCC(=O)[C@H]1[C@@H]2[N+](=O)[O-]. The lowest BCUT2D eigenvalue weighted by molar-refractivity contribution is -0.504. The highest BCUT2D eigenvalue weighted by molar-refractivity contribution is 5.88. The summed E-state index contributed by atoms with van der Waals surface area (Å²) in [5.74, 6) is -0.160. The molecule has 0 aromatic carbocycles. The van der Waals surface area contributed by atoms with Gasteiger partial charge in [0.1, 0.15) is 5.78 Å². The Morgan fingerprint density at radius 2 is 2.36 bits per heavy atom. The molecule has 0 amide bonds. The van der Waals surface area contributed by atoms with Gasteiger partial charge in [-0.2, -0.15) is 0 Å². The van der Waals surface area contributed by atoms with Crippen LogP contribution in [0.5, 0.6) is 0 Å². The van der Waals surface area contributed by atoms with Crippen molar-refractivity contribution >= 4 is 5.78 Å². The van der Waals surface area contributed by atoms with E-state index in [9.17, 15) is 14.9 Å². The van der Waals surface area contributed by atoms with E-state index >= 15 is 0 Å². The predicted octanol–water partition coefficient (Wildman–Crippen LogP) is 0.631. The molecule has 4 nitrogen and oxygen atoms in total. The van der Waals surface area contributed by atoms with Gasteiger partial charge in [0.2, 0.25) is 6.04 Å². The fourth-order valence-electron chi connectivity index (χ4n) is 2.30. The van der Waals surface area contributed by atoms with Crippen molar-refractivity contribution in [2.24, 2.45) is 11.3 Å².